The molecule has 1 aromatic carbocycles. The van der Waals surface area contributed by atoms with Crippen molar-refractivity contribution in [2.45, 2.75) is 25.8 Å². The van der Waals surface area contributed by atoms with Crippen LogP contribution < -0.4 is 15.0 Å². The van der Waals surface area contributed by atoms with Crippen molar-refractivity contribution in [3.8, 4) is 5.75 Å². The number of benzene rings is 1. The van der Waals surface area contributed by atoms with E-state index in [-0.39, 0.29) is 18.4 Å². The van der Waals surface area contributed by atoms with Crippen LogP contribution in [0.15, 0.2) is 22.7 Å². The van der Waals surface area contributed by atoms with Crippen molar-refractivity contribution in [2.75, 3.05) is 18.6 Å². The summed E-state index contributed by atoms with van der Waals surface area (Å²) in [6.45, 7) is 3.65. The number of nitrogens with zero attached hydrogens (tertiary/aromatic N) is 1. The summed E-state index contributed by atoms with van der Waals surface area (Å²) in [7, 11) is 1.56. The number of methoxy groups -OCH3 is 1. The average Bonchev–Trinajstić information content (AvgIpc) is 2.43. The van der Waals surface area contributed by atoms with Crippen LogP contribution in [0.4, 0.5) is 5.69 Å². The van der Waals surface area contributed by atoms with Crippen molar-refractivity contribution < 1.29 is 14.3 Å². The van der Waals surface area contributed by atoms with Gasteiger partial charge >= 0.3 is 0 Å². The summed E-state index contributed by atoms with van der Waals surface area (Å²) >= 11 is 3.37. The molecule has 6 heteroatoms. The zero-order chi connectivity index (χ0) is 14.9. The van der Waals surface area contributed by atoms with Crippen molar-refractivity contribution >= 4 is 33.4 Å². The molecule has 1 atom stereocenters. The van der Waals surface area contributed by atoms with Gasteiger partial charge < -0.3 is 15.0 Å². The third kappa shape index (κ3) is 2.52. The topological polar surface area (TPSA) is 58.6 Å². The molecule has 0 aromatic heterocycles. The van der Waals surface area contributed by atoms with E-state index in [1.165, 1.54) is 4.90 Å². The third-order valence-corrected chi connectivity index (χ3v) is 4.24. The van der Waals surface area contributed by atoms with Gasteiger partial charge in [-0.15, -0.1) is 0 Å². The Morgan fingerprint density at radius 3 is 2.75 bits per heavy atom. The molecule has 0 bridgehead atoms. The first kappa shape index (κ1) is 14.8. The van der Waals surface area contributed by atoms with Crippen LogP contribution in [0.3, 0.4) is 0 Å². The van der Waals surface area contributed by atoms with E-state index < -0.39 is 5.54 Å². The first-order valence-electron chi connectivity index (χ1n) is 6.38. The summed E-state index contributed by atoms with van der Waals surface area (Å²) in [5, 5.41) is 2.76. The number of ether oxygens (including phenoxy) is 1. The van der Waals surface area contributed by atoms with E-state index in [0.717, 1.165) is 4.47 Å². The standard InChI is InChI=1S/C14H17BrN2O3/c1-4-14(2)13(19)17(8-12(18)16-14)9-5-6-10(15)11(7-9)20-3/h5-7H,4,8H2,1-3H3,(H,16,18). The Morgan fingerprint density at radius 2 is 2.15 bits per heavy atom. The van der Waals surface area contributed by atoms with Crippen LogP contribution >= 0.6 is 15.9 Å². The zero-order valence-corrected chi connectivity index (χ0v) is 13.3. The molecule has 0 radical (unpaired) electrons. The number of halogens is 1. The molecule has 0 aliphatic carbocycles. The van der Waals surface area contributed by atoms with Gasteiger partial charge in [0.25, 0.3) is 5.91 Å². The lowest BCUT2D eigenvalue weighted by Crippen LogP contribution is -2.65. The number of carbonyl (C=O) groups excluding carboxylic acids is 2. The molecule has 20 heavy (non-hydrogen) atoms. The van der Waals surface area contributed by atoms with E-state index in [2.05, 4.69) is 21.2 Å². The smallest absolute Gasteiger partial charge is 0.252 e. The third-order valence-electron chi connectivity index (χ3n) is 3.59. The van der Waals surface area contributed by atoms with Gasteiger partial charge in [-0.25, -0.2) is 0 Å². The molecule has 1 aromatic rings. The lowest BCUT2D eigenvalue weighted by molar-refractivity contribution is -0.135. The molecular weight excluding hydrogens is 324 g/mol. The summed E-state index contributed by atoms with van der Waals surface area (Å²) < 4.78 is 6.03. The number of anilines is 1. The highest BCUT2D eigenvalue weighted by atomic mass is 79.9. The number of amides is 2. The fraction of sp³-hybridized carbons (Fsp3) is 0.429. The maximum Gasteiger partial charge on any atom is 0.252 e. The highest BCUT2D eigenvalue weighted by molar-refractivity contribution is 9.10. The Morgan fingerprint density at radius 1 is 1.45 bits per heavy atom. The Kier molecular flexibility index (Phi) is 4.04. The largest absolute Gasteiger partial charge is 0.495 e. The molecule has 1 fully saturated rings. The van der Waals surface area contributed by atoms with Gasteiger partial charge in [0, 0.05) is 11.8 Å². The van der Waals surface area contributed by atoms with E-state index in [1.54, 1.807) is 32.2 Å². The van der Waals surface area contributed by atoms with Gasteiger partial charge in [0.05, 0.1) is 11.6 Å². The molecule has 5 nitrogen and oxygen atoms in total. The second kappa shape index (κ2) is 5.44. The van der Waals surface area contributed by atoms with Crippen molar-refractivity contribution in [3.05, 3.63) is 22.7 Å². The normalized spacial score (nSPS) is 22.7. The van der Waals surface area contributed by atoms with E-state index >= 15 is 0 Å². The SMILES string of the molecule is CCC1(C)NC(=O)CN(c2ccc(Br)c(OC)c2)C1=O. The molecular formula is C14H17BrN2O3. The molecule has 1 saturated heterocycles. The summed E-state index contributed by atoms with van der Waals surface area (Å²) in [5.74, 6) is 0.360. The number of rotatable bonds is 3. The van der Waals surface area contributed by atoms with Crippen LogP contribution in [0.25, 0.3) is 0 Å². The molecule has 0 saturated carbocycles. The lowest BCUT2D eigenvalue weighted by atomic mass is 9.94. The zero-order valence-electron chi connectivity index (χ0n) is 11.7. The van der Waals surface area contributed by atoms with Crippen LogP contribution in [0.2, 0.25) is 0 Å². The Bertz CT molecular complexity index is 561. The van der Waals surface area contributed by atoms with Gasteiger partial charge in [-0.05, 0) is 41.4 Å². The van der Waals surface area contributed by atoms with Crippen LogP contribution in [0.5, 0.6) is 5.75 Å². The van der Waals surface area contributed by atoms with Gasteiger partial charge in [0.15, 0.2) is 0 Å². The van der Waals surface area contributed by atoms with Crippen LogP contribution in [0, 0.1) is 0 Å². The van der Waals surface area contributed by atoms with Crippen LogP contribution in [-0.2, 0) is 9.59 Å². The predicted molar refractivity (Wildman–Crippen MR) is 79.9 cm³/mol. The van der Waals surface area contributed by atoms with E-state index in [1.807, 2.05) is 6.92 Å². The van der Waals surface area contributed by atoms with Crippen molar-refractivity contribution in [1.29, 1.82) is 0 Å². The molecule has 1 aliphatic rings. The summed E-state index contributed by atoms with van der Waals surface area (Å²) in [4.78, 5) is 25.9. The van der Waals surface area contributed by atoms with Gasteiger partial charge in [-0.1, -0.05) is 6.92 Å². The Labute approximate surface area is 126 Å². The molecule has 0 spiro atoms. The molecule has 2 rings (SSSR count). The number of hydrogen-bond acceptors (Lipinski definition) is 3. The first-order valence-corrected chi connectivity index (χ1v) is 7.17. The summed E-state index contributed by atoms with van der Waals surface area (Å²) in [6, 6.07) is 5.34. The quantitative estimate of drug-likeness (QED) is 0.916. The van der Waals surface area contributed by atoms with E-state index in [4.69, 9.17) is 4.74 Å². The highest BCUT2D eigenvalue weighted by Gasteiger charge is 2.42. The lowest BCUT2D eigenvalue weighted by Gasteiger charge is -2.39. The minimum Gasteiger partial charge on any atom is -0.495 e. The molecule has 2 amide bonds. The molecule has 1 N–H and O–H groups in total. The number of piperazine rings is 1. The molecule has 1 heterocycles. The minimum atomic E-state index is -0.852. The maximum atomic E-state index is 12.6. The average molecular weight is 341 g/mol. The summed E-state index contributed by atoms with van der Waals surface area (Å²) in [6.07, 6.45) is 0.543. The van der Waals surface area contributed by atoms with Gasteiger partial charge in [0.1, 0.15) is 17.8 Å². The first-order chi connectivity index (χ1) is 9.41. The monoisotopic (exact) mass is 340 g/mol. The van der Waals surface area contributed by atoms with Crippen molar-refractivity contribution in [1.82, 2.24) is 5.32 Å². The highest BCUT2D eigenvalue weighted by Crippen LogP contribution is 2.31. The maximum absolute atomic E-state index is 12.6. The Balaban J connectivity index is 2.40. The fourth-order valence-electron chi connectivity index (χ4n) is 2.18. The van der Waals surface area contributed by atoms with E-state index in [0.29, 0.717) is 17.9 Å². The van der Waals surface area contributed by atoms with Crippen molar-refractivity contribution in [2.24, 2.45) is 0 Å². The summed E-state index contributed by atoms with van der Waals surface area (Å²) in [5.41, 5.74) is -0.195. The minimum absolute atomic E-state index is 0.0270. The van der Waals surface area contributed by atoms with E-state index in [9.17, 15) is 9.59 Å². The van der Waals surface area contributed by atoms with Crippen LogP contribution in [-0.4, -0.2) is 31.0 Å². The number of hydrogen-bond donors (Lipinski definition) is 1. The van der Waals surface area contributed by atoms with Crippen molar-refractivity contribution in [3.63, 3.8) is 0 Å². The second-order valence-corrected chi connectivity index (χ2v) is 5.80. The van der Waals surface area contributed by atoms with Gasteiger partial charge in [0.2, 0.25) is 5.91 Å². The second-order valence-electron chi connectivity index (χ2n) is 4.94. The number of nitrogens with one attached hydrogen (secondary N) is 1. The Hall–Kier alpha value is -1.56. The van der Waals surface area contributed by atoms with Gasteiger partial charge in [-0.3, -0.25) is 9.59 Å². The molecule has 108 valence electrons. The van der Waals surface area contributed by atoms with Crippen LogP contribution in [0.1, 0.15) is 20.3 Å². The fourth-order valence-corrected chi connectivity index (χ4v) is 2.59. The number of carbonyl (C=O) groups is 2. The molecule has 1 aliphatic heterocycles. The van der Waals surface area contributed by atoms with Gasteiger partial charge in [-0.2, -0.15) is 0 Å². The predicted octanol–water partition coefficient (Wildman–Crippen LogP) is 2.09. The molecule has 1 unspecified atom stereocenters.